The number of rotatable bonds is 2. The molecule has 3 nitrogen and oxygen atoms in total. The Kier molecular flexibility index (Phi) is 4.18. The van der Waals surface area contributed by atoms with Crippen molar-refractivity contribution in [3.8, 4) is 0 Å². The lowest BCUT2D eigenvalue weighted by Crippen LogP contribution is -2.43. The lowest BCUT2D eigenvalue weighted by atomic mass is 9.68. The summed E-state index contributed by atoms with van der Waals surface area (Å²) in [5.74, 6) is 0.198. The third-order valence-electron chi connectivity index (χ3n) is 5.45. The molecule has 1 amide bonds. The predicted molar refractivity (Wildman–Crippen MR) is 86.6 cm³/mol. The molecule has 3 heteroatoms. The van der Waals surface area contributed by atoms with Gasteiger partial charge >= 0.3 is 0 Å². The van der Waals surface area contributed by atoms with Gasteiger partial charge in [-0.05, 0) is 55.4 Å². The van der Waals surface area contributed by atoms with Crippen molar-refractivity contribution in [2.24, 2.45) is 5.41 Å². The number of nitrogens with one attached hydrogen (secondary N) is 1. The summed E-state index contributed by atoms with van der Waals surface area (Å²) in [5, 5.41) is 3.09. The van der Waals surface area contributed by atoms with Gasteiger partial charge in [0.25, 0.3) is 5.91 Å². The summed E-state index contributed by atoms with van der Waals surface area (Å²) >= 11 is 0. The van der Waals surface area contributed by atoms with Gasteiger partial charge in [-0.2, -0.15) is 0 Å². The lowest BCUT2D eigenvalue weighted by molar-refractivity contribution is 0.0472. The third-order valence-corrected chi connectivity index (χ3v) is 5.45. The molecule has 1 aromatic rings. The Bertz CT molecular complexity index is 478. The van der Waals surface area contributed by atoms with E-state index in [0.29, 0.717) is 5.41 Å². The minimum absolute atomic E-state index is 0.198. The number of anilines is 1. The van der Waals surface area contributed by atoms with Gasteiger partial charge in [0.1, 0.15) is 0 Å². The van der Waals surface area contributed by atoms with Crippen molar-refractivity contribution in [2.45, 2.75) is 44.9 Å². The second kappa shape index (κ2) is 6.08. The highest BCUT2D eigenvalue weighted by Gasteiger charge is 2.36. The molecule has 114 valence electrons. The van der Waals surface area contributed by atoms with Crippen LogP contribution >= 0.6 is 0 Å². The van der Waals surface area contributed by atoms with E-state index in [0.717, 1.165) is 24.3 Å². The van der Waals surface area contributed by atoms with Crippen LogP contribution in [0.25, 0.3) is 0 Å². The zero-order valence-electron chi connectivity index (χ0n) is 13.0. The molecule has 1 saturated carbocycles. The highest BCUT2D eigenvalue weighted by Crippen LogP contribution is 2.44. The molecule has 0 atom stereocenters. The van der Waals surface area contributed by atoms with E-state index in [1.165, 1.54) is 44.9 Å². The molecule has 0 unspecified atom stereocenters. The Hall–Kier alpha value is -1.51. The maximum absolute atomic E-state index is 12.6. The Labute approximate surface area is 127 Å². The van der Waals surface area contributed by atoms with E-state index in [1.807, 2.05) is 36.2 Å². The van der Waals surface area contributed by atoms with E-state index in [-0.39, 0.29) is 5.91 Å². The maximum Gasteiger partial charge on any atom is 0.253 e. The number of hydrogen-bond donors (Lipinski definition) is 1. The summed E-state index contributed by atoms with van der Waals surface area (Å²) < 4.78 is 0. The van der Waals surface area contributed by atoms with Crippen molar-refractivity contribution < 1.29 is 4.79 Å². The van der Waals surface area contributed by atoms with Crippen LogP contribution in [0.15, 0.2) is 24.3 Å². The average molecular weight is 286 g/mol. The van der Waals surface area contributed by atoms with Gasteiger partial charge in [0.2, 0.25) is 0 Å². The summed E-state index contributed by atoms with van der Waals surface area (Å²) in [5.41, 5.74) is 2.42. The van der Waals surface area contributed by atoms with Crippen LogP contribution in [0.5, 0.6) is 0 Å². The van der Waals surface area contributed by atoms with Crippen LogP contribution in [0, 0.1) is 5.41 Å². The first-order valence-corrected chi connectivity index (χ1v) is 8.30. The molecule has 3 rings (SSSR count). The number of amides is 1. The molecule has 0 aromatic heterocycles. The highest BCUT2D eigenvalue weighted by molar-refractivity contribution is 5.94. The zero-order valence-corrected chi connectivity index (χ0v) is 13.0. The van der Waals surface area contributed by atoms with E-state index < -0.39 is 0 Å². The van der Waals surface area contributed by atoms with Crippen LogP contribution < -0.4 is 5.32 Å². The average Bonchev–Trinajstić information content (AvgIpc) is 2.56. The van der Waals surface area contributed by atoms with Gasteiger partial charge in [-0.25, -0.2) is 0 Å². The summed E-state index contributed by atoms with van der Waals surface area (Å²) in [6, 6.07) is 7.80. The smallest absolute Gasteiger partial charge is 0.253 e. The van der Waals surface area contributed by atoms with Gasteiger partial charge in [-0.15, -0.1) is 0 Å². The van der Waals surface area contributed by atoms with E-state index >= 15 is 0 Å². The molecular weight excluding hydrogens is 260 g/mol. The monoisotopic (exact) mass is 286 g/mol. The summed E-state index contributed by atoms with van der Waals surface area (Å²) in [7, 11) is 1.89. The van der Waals surface area contributed by atoms with Gasteiger partial charge in [-0.1, -0.05) is 19.3 Å². The molecule has 1 aliphatic heterocycles. The number of likely N-dealkylation sites (tertiary alicyclic amines) is 1. The lowest BCUT2D eigenvalue weighted by Gasteiger charge is -2.44. The Balaban J connectivity index is 1.61. The quantitative estimate of drug-likeness (QED) is 0.894. The minimum atomic E-state index is 0.198. The Morgan fingerprint density at radius 1 is 1.00 bits per heavy atom. The highest BCUT2D eigenvalue weighted by atomic mass is 16.2. The topological polar surface area (TPSA) is 32.3 Å². The molecule has 1 aromatic carbocycles. The van der Waals surface area contributed by atoms with E-state index in [9.17, 15) is 4.79 Å². The molecule has 1 saturated heterocycles. The third kappa shape index (κ3) is 3.07. The second-order valence-corrected chi connectivity index (χ2v) is 6.68. The van der Waals surface area contributed by atoms with Crippen LogP contribution in [0.2, 0.25) is 0 Å². The zero-order chi connectivity index (χ0) is 14.7. The van der Waals surface area contributed by atoms with Crippen molar-refractivity contribution in [3.05, 3.63) is 29.8 Å². The van der Waals surface area contributed by atoms with Gasteiger partial charge in [0.05, 0.1) is 0 Å². The SMILES string of the molecule is CNc1ccc(C(=O)N2CCC3(CCCCC3)CC2)cc1. The normalized spacial score (nSPS) is 21.3. The molecule has 21 heavy (non-hydrogen) atoms. The minimum Gasteiger partial charge on any atom is -0.388 e. The fourth-order valence-corrected chi connectivity index (χ4v) is 3.95. The Morgan fingerprint density at radius 3 is 2.19 bits per heavy atom. The second-order valence-electron chi connectivity index (χ2n) is 6.68. The molecule has 1 aliphatic carbocycles. The van der Waals surface area contributed by atoms with Crippen LogP contribution in [-0.2, 0) is 0 Å². The number of benzene rings is 1. The molecule has 2 fully saturated rings. The van der Waals surface area contributed by atoms with Crippen molar-refractivity contribution in [2.75, 3.05) is 25.5 Å². The predicted octanol–water partition coefficient (Wildman–Crippen LogP) is 3.91. The summed E-state index contributed by atoms with van der Waals surface area (Å²) in [4.78, 5) is 14.6. The molecule has 0 bridgehead atoms. The number of hydrogen-bond acceptors (Lipinski definition) is 2. The molecular formula is C18H26N2O. The van der Waals surface area contributed by atoms with Crippen molar-refractivity contribution >= 4 is 11.6 Å². The molecule has 1 N–H and O–H groups in total. The standard InChI is InChI=1S/C18H26N2O/c1-19-16-7-5-15(6-8-16)17(21)20-13-11-18(12-14-20)9-3-2-4-10-18/h5-8,19H,2-4,9-14H2,1H3. The van der Waals surface area contributed by atoms with Crippen molar-refractivity contribution in [1.29, 1.82) is 0 Å². The Morgan fingerprint density at radius 2 is 1.62 bits per heavy atom. The summed E-state index contributed by atoms with van der Waals surface area (Å²) in [6.07, 6.45) is 9.35. The van der Waals surface area contributed by atoms with E-state index in [1.54, 1.807) is 0 Å². The van der Waals surface area contributed by atoms with Crippen molar-refractivity contribution in [1.82, 2.24) is 4.90 Å². The number of carbonyl (C=O) groups is 1. The van der Waals surface area contributed by atoms with Gasteiger partial charge in [0, 0.05) is 31.4 Å². The first-order chi connectivity index (χ1) is 10.2. The van der Waals surface area contributed by atoms with Gasteiger partial charge in [-0.3, -0.25) is 4.79 Å². The van der Waals surface area contributed by atoms with Crippen LogP contribution in [0.1, 0.15) is 55.3 Å². The number of piperidine rings is 1. The van der Waals surface area contributed by atoms with Crippen LogP contribution in [0.3, 0.4) is 0 Å². The molecule has 1 heterocycles. The maximum atomic E-state index is 12.6. The number of carbonyl (C=O) groups excluding carboxylic acids is 1. The first-order valence-electron chi connectivity index (χ1n) is 8.30. The van der Waals surface area contributed by atoms with Gasteiger partial charge < -0.3 is 10.2 Å². The molecule has 1 spiro atoms. The molecule has 2 aliphatic rings. The van der Waals surface area contributed by atoms with E-state index in [4.69, 9.17) is 0 Å². The fourth-order valence-electron chi connectivity index (χ4n) is 3.95. The number of nitrogens with zero attached hydrogens (tertiary/aromatic N) is 1. The first kappa shape index (κ1) is 14.4. The van der Waals surface area contributed by atoms with Crippen molar-refractivity contribution in [3.63, 3.8) is 0 Å². The fraction of sp³-hybridized carbons (Fsp3) is 0.611. The summed E-state index contributed by atoms with van der Waals surface area (Å²) in [6.45, 7) is 1.87. The van der Waals surface area contributed by atoms with E-state index in [2.05, 4.69) is 5.32 Å². The van der Waals surface area contributed by atoms with Crippen LogP contribution in [-0.4, -0.2) is 30.9 Å². The van der Waals surface area contributed by atoms with Gasteiger partial charge in [0.15, 0.2) is 0 Å². The molecule has 0 radical (unpaired) electrons. The van der Waals surface area contributed by atoms with Crippen LogP contribution in [0.4, 0.5) is 5.69 Å². The largest absolute Gasteiger partial charge is 0.388 e.